The Kier molecular flexibility index (Phi) is 5.92. The first-order valence-electron chi connectivity index (χ1n) is 9.39. The minimum atomic E-state index is -0.486. The SMILES string of the molecule is CC(C)(C)OC(=O)CC(NCc1ccccc1)c1cccc2ccccc12. The number of carbonyl (C=O) groups excluding carboxylic acids is 1. The molecule has 1 N–H and O–H groups in total. The van der Waals surface area contributed by atoms with Crippen LogP contribution in [-0.2, 0) is 16.1 Å². The molecule has 140 valence electrons. The highest BCUT2D eigenvalue weighted by Crippen LogP contribution is 2.27. The Hall–Kier alpha value is -2.65. The lowest BCUT2D eigenvalue weighted by atomic mass is 9.96. The summed E-state index contributed by atoms with van der Waals surface area (Å²) in [6.07, 6.45) is 0.290. The Morgan fingerprint density at radius 3 is 2.33 bits per heavy atom. The summed E-state index contributed by atoms with van der Waals surface area (Å²) in [7, 11) is 0. The van der Waals surface area contributed by atoms with Crippen LogP contribution in [-0.4, -0.2) is 11.6 Å². The first-order chi connectivity index (χ1) is 12.9. The summed E-state index contributed by atoms with van der Waals surface area (Å²) in [5, 5.41) is 5.89. The zero-order chi connectivity index (χ0) is 19.3. The van der Waals surface area contributed by atoms with Gasteiger partial charge in [0.15, 0.2) is 0 Å². The Bertz CT molecular complexity index is 892. The molecule has 0 aliphatic heterocycles. The zero-order valence-electron chi connectivity index (χ0n) is 16.2. The number of nitrogens with one attached hydrogen (secondary N) is 1. The second kappa shape index (κ2) is 8.36. The summed E-state index contributed by atoms with van der Waals surface area (Å²) in [4.78, 5) is 12.5. The minimum absolute atomic E-state index is 0.119. The number of hydrogen-bond acceptors (Lipinski definition) is 3. The maximum Gasteiger partial charge on any atom is 0.308 e. The molecule has 0 aliphatic rings. The van der Waals surface area contributed by atoms with E-state index in [1.54, 1.807) is 0 Å². The van der Waals surface area contributed by atoms with Crippen LogP contribution in [0.25, 0.3) is 10.8 Å². The van der Waals surface area contributed by atoms with Crippen molar-refractivity contribution in [3.05, 3.63) is 83.9 Å². The van der Waals surface area contributed by atoms with Gasteiger partial charge in [-0.2, -0.15) is 0 Å². The predicted octanol–water partition coefficient (Wildman–Crippen LogP) is 5.40. The monoisotopic (exact) mass is 361 g/mol. The second-order valence-electron chi connectivity index (χ2n) is 7.78. The summed E-state index contributed by atoms with van der Waals surface area (Å²) in [6.45, 7) is 6.39. The van der Waals surface area contributed by atoms with Crippen LogP contribution < -0.4 is 5.32 Å². The highest BCUT2D eigenvalue weighted by molar-refractivity contribution is 5.86. The van der Waals surface area contributed by atoms with E-state index in [4.69, 9.17) is 4.74 Å². The Labute approximate surface area is 161 Å². The quantitative estimate of drug-likeness (QED) is 0.597. The van der Waals surface area contributed by atoms with Crippen LogP contribution in [0.4, 0.5) is 0 Å². The van der Waals surface area contributed by atoms with Gasteiger partial charge in [0.25, 0.3) is 0 Å². The molecule has 0 fully saturated rings. The van der Waals surface area contributed by atoms with E-state index in [1.807, 2.05) is 57.2 Å². The fourth-order valence-electron chi connectivity index (χ4n) is 3.23. The maximum atomic E-state index is 12.5. The van der Waals surface area contributed by atoms with Crippen LogP contribution in [0.1, 0.15) is 44.4 Å². The van der Waals surface area contributed by atoms with Crippen LogP contribution in [0.5, 0.6) is 0 Å². The largest absolute Gasteiger partial charge is 0.460 e. The van der Waals surface area contributed by atoms with Gasteiger partial charge in [-0.1, -0.05) is 72.8 Å². The molecule has 0 heterocycles. The second-order valence-corrected chi connectivity index (χ2v) is 7.78. The molecule has 1 atom stereocenters. The Balaban J connectivity index is 1.87. The molecule has 27 heavy (non-hydrogen) atoms. The molecule has 0 saturated carbocycles. The van der Waals surface area contributed by atoms with Gasteiger partial charge in [-0.25, -0.2) is 0 Å². The molecule has 3 nitrogen and oxygen atoms in total. The van der Waals surface area contributed by atoms with Crippen molar-refractivity contribution in [3.63, 3.8) is 0 Å². The number of esters is 1. The topological polar surface area (TPSA) is 38.3 Å². The van der Waals surface area contributed by atoms with E-state index in [-0.39, 0.29) is 18.4 Å². The number of fused-ring (bicyclic) bond motifs is 1. The summed E-state index contributed by atoms with van der Waals surface area (Å²) in [6, 6.07) is 24.6. The van der Waals surface area contributed by atoms with Crippen molar-refractivity contribution in [1.29, 1.82) is 0 Å². The maximum absolute atomic E-state index is 12.5. The van der Waals surface area contributed by atoms with Crippen molar-refractivity contribution in [2.24, 2.45) is 0 Å². The third-order valence-electron chi connectivity index (χ3n) is 4.38. The van der Waals surface area contributed by atoms with E-state index in [2.05, 4.69) is 41.7 Å². The van der Waals surface area contributed by atoms with Crippen LogP contribution in [0.15, 0.2) is 72.8 Å². The molecule has 0 radical (unpaired) electrons. The molecule has 0 amide bonds. The van der Waals surface area contributed by atoms with Crippen molar-refractivity contribution >= 4 is 16.7 Å². The molecule has 0 aliphatic carbocycles. The van der Waals surface area contributed by atoms with Gasteiger partial charge >= 0.3 is 5.97 Å². The molecular formula is C24H27NO2. The molecular weight excluding hydrogens is 334 g/mol. The summed E-state index contributed by atoms with van der Waals surface area (Å²) >= 11 is 0. The standard InChI is InChI=1S/C24H27NO2/c1-24(2,3)27-23(26)16-22(25-17-18-10-5-4-6-11-18)21-15-9-13-19-12-7-8-14-20(19)21/h4-15,22,25H,16-17H2,1-3H3. The van der Waals surface area contributed by atoms with Gasteiger partial charge in [-0.15, -0.1) is 0 Å². The van der Waals surface area contributed by atoms with Crippen molar-refractivity contribution in [1.82, 2.24) is 5.32 Å². The Morgan fingerprint density at radius 1 is 0.926 bits per heavy atom. The number of hydrogen-bond donors (Lipinski definition) is 1. The lowest BCUT2D eigenvalue weighted by Crippen LogP contribution is -2.29. The molecule has 3 rings (SSSR count). The fourth-order valence-corrected chi connectivity index (χ4v) is 3.23. The number of benzene rings is 3. The summed E-state index contributed by atoms with van der Waals surface area (Å²) < 4.78 is 5.57. The third kappa shape index (κ3) is 5.41. The van der Waals surface area contributed by atoms with E-state index in [0.717, 1.165) is 10.9 Å². The van der Waals surface area contributed by atoms with Crippen molar-refractivity contribution < 1.29 is 9.53 Å². The summed E-state index contributed by atoms with van der Waals surface area (Å²) in [5.41, 5.74) is 1.82. The van der Waals surface area contributed by atoms with Gasteiger partial charge in [-0.3, -0.25) is 4.79 Å². The van der Waals surface area contributed by atoms with E-state index in [0.29, 0.717) is 6.54 Å². The predicted molar refractivity (Wildman–Crippen MR) is 110 cm³/mol. The molecule has 0 spiro atoms. The zero-order valence-corrected chi connectivity index (χ0v) is 16.2. The molecule has 3 heteroatoms. The average molecular weight is 361 g/mol. The van der Waals surface area contributed by atoms with Crippen LogP contribution in [0.3, 0.4) is 0 Å². The van der Waals surface area contributed by atoms with Crippen LogP contribution in [0, 0.1) is 0 Å². The lowest BCUT2D eigenvalue weighted by molar-refractivity contribution is -0.155. The van der Waals surface area contributed by atoms with E-state index < -0.39 is 5.60 Å². The van der Waals surface area contributed by atoms with Crippen LogP contribution >= 0.6 is 0 Å². The molecule has 0 aromatic heterocycles. The van der Waals surface area contributed by atoms with Crippen molar-refractivity contribution in [3.8, 4) is 0 Å². The van der Waals surface area contributed by atoms with Gasteiger partial charge in [0.05, 0.1) is 6.42 Å². The number of rotatable bonds is 6. The molecule has 3 aromatic rings. The van der Waals surface area contributed by atoms with Gasteiger partial charge in [0, 0.05) is 12.6 Å². The molecule has 3 aromatic carbocycles. The highest BCUT2D eigenvalue weighted by atomic mass is 16.6. The fraction of sp³-hybridized carbons (Fsp3) is 0.292. The normalized spacial score (nSPS) is 12.7. The van der Waals surface area contributed by atoms with Crippen LogP contribution in [0.2, 0.25) is 0 Å². The van der Waals surface area contributed by atoms with Gasteiger partial charge < -0.3 is 10.1 Å². The first kappa shape index (κ1) is 19.1. The summed E-state index contributed by atoms with van der Waals surface area (Å²) in [5.74, 6) is -0.194. The average Bonchev–Trinajstić information content (AvgIpc) is 2.64. The van der Waals surface area contributed by atoms with E-state index >= 15 is 0 Å². The number of ether oxygens (including phenoxy) is 1. The van der Waals surface area contributed by atoms with E-state index in [1.165, 1.54) is 10.9 Å². The van der Waals surface area contributed by atoms with Gasteiger partial charge in [0.2, 0.25) is 0 Å². The number of carbonyl (C=O) groups is 1. The highest BCUT2D eigenvalue weighted by Gasteiger charge is 2.22. The molecule has 0 bridgehead atoms. The third-order valence-corrected chi connectivity index (χ3v) is 4.38. The molecule has 0 saturated heterocycles. The van der Waals surface area contributed by atoms with Crippen molar-refractivity contribution in [2.75, 3.05) is 0 Å². The van der Waals surface area contributed by atoms with Crippen molar-refractivity contribution in [2.45, 2.75) is 45.4 Å². The minimum Gasteiger partial charge on any atom is -0.460 e. The van der Waals surface area contributed by atoms with E-state index in [9.17, 15) is 4.79 Å². The van der Waals surface area contributed by atoms with Gasteiger partial charge in [0.1, 0.15) is 5.60 Å². The first-order valence-corrected chi connectivity index (χ1v) is 9.39. The Morgan fingerprint density at radius 2 is 1.59 bits per heavy atom. The van der Waals surface area contributed by atoms with Gasteiger partial charge in [-0.05, 0) is 42.7 Å². The smallest absolute Gasteiger partial charge is 0.308 e. The lowest BCUT2D eigenvalue weighted by Gasteiger charge is -2.24. The molecule has 1 unspecified atom stereocenters.